The Balaban J connectivity index is 1.35. The van der Waals surface area contributed by atoms with E-state index in [0.29, 0.717) is 11.1 Å². The molecule has 0 radical (unpaired) electrons. The van der Waals surface area contributed by atoms with Gasteiger partial charge in [0.1, 0.15) is 0 Å². The van der Waals surface area contributed by atoms with Gasteiger partial charge in [-0.15, -0.1) is 0 Å². The van der Waals surface area contributed by atoms with E-state index >= 15 is 0 Å². The van der Waals surface area contributed by atoms with Crippen LogP contribution in [0, 0.1) is 17.8 Å². The maximum absolute atomic E-state index is 5.22. The standard InChI is InChI=1S/C18H28N2S/c1-2-4-17(5-3-1)12-21-16(19-17)20-18-9-13-6-14(10-18)8-15(7-13)11-18/h13-15H,1-12H2,(H,19,20). The van der Waals surface area contributed by atoms with Crippen molar-refractivity contribution in [1.29, 1.82) is 0 Å². The topological polar surface area (TPSA) is 24.4 Å². The molecule has 1 heterocycles. The van der Waals surface area contributed by atoms with Crippen molar-refractivity contribution in [3.8, 4) is 0 Å². The Morgan fingerprint density at radius 3 is 2.14 bits per heavy atom. The maximum Gasteiger partial charge on any atom is 0.157 e. The summed E-state index contributed by atoms with van der Waals surface area (Å²) < 4.78 is 0. The number of hydrogen-bond acceptors (Lipinski definition) is 3. The molecule has 0 aromatic carbocycles. The third-order valence-corrected chi connectivity index (χ3v) is 8.16. The fraction of sp³-hybridized carbons (Fsp3) is 0.944. The molecule has 0 aromatic rings. The van der Waals surface area contributed by atoms with Crippen LogP contribution in [0.5, 0.6) is 0 Å². The lowest BCUT2D eigenvalue weighted by atomic mass is 9.53. The van der Waals surface area contributed by atoms with Crippen LogP contribution in [-0.4, -0.2) is 22.0 Å². The first-order valence-electron chi connectivity index (χ1n) is 9.24. The van der Waals surface area contributed by atoms with Crippen LogP contribution in [0.25, 0.3) is 0 Å². The summed E-state index contributed by atoms with van der Waals surface area (Å²) in [5.74, 6) is 4.33. The van der Waals surface area contributed by atoms with Gasteiger partial charge in [-0.2, -0.15) is 0 Å². The summed E-state index contributed by atoms with van der Waals surface area (Å²) in [6.45, 7) is 0. The van der Waals surface area contributed by atoms with Gasteiger partial charge in [0.05, 0.1) is 5.54 Å². The Hall–Kier alpha value is -0.180. The second-order valence-electron chi connectivity index (χ2n) is 8.81. The molecule has 5 fully saturated rings. The van der Waals surface area contributed by atoms with Gasteiger partial charge in [-0.25, -0.2) is 0 Å². The number of thioether (sulfide) groups is 1. The summed E-state index contributed by atoms with van der Waals surface area (Å²) >= 11 is 2.04. The molecule has 116 valence electrons. The summed E-state index contributed by atoms with van der Waals surface area (Å²) in [5.41, 5.74) is 0.772. The van der Waals surface area contributed by atoms with Crippen LogP contribution < -0.4 is 5.32 Å². The zero-order valence-electron chi connectivity index (χ0n) is 13.1. The quantitative estimate of drug-likeness (QED) is 0.779. The monoisotopic (exact) mass is 304 g/mol. The van der Waals surface area contributed by atoms with Crippen molar-refractivity contribution >= 4 is 16.9 Å². The molecule has 5 saturated carbocycles. The van der Waals surface area contributed by atoms with Crippen molar-refractivity contribution in [3.05, 3.63) is 0 Å². The second kappa shape index (κ2) is 4.66. The third-order valence-electron chi connectivity index (χ3n) is 7.01. The summed E-state index contributed by atoms with van der Waals surface area (Å²) in [6.07, 6.45) is 15.8. The lowest BCUT2D eigenvalue weighted by Gasteiger charge is -2.57. The Labute approximate surface area is 132 Å². The average Bonchev–Trinajstić information content (AvgIpc) is 2.79. The van der Waals surface area contributed by atoms with E-state index in [4.69, 9.17) is 4.99 Å². The van der Waals surface area contributed by atoms with Gasteiger partial charge in [-0.1, -0.05) is 31.0 Å². The summed E-state index contributed by atoms with van der Waals surface area (Å²) in [6, 6.07) is 0. The minimum Gasteiger partial charge on any atom is -0.359 e. The van der Waals surface area contributed by atoms with E-state index in [-0.39, 0.29) is 0 Å². The molecule has 1 spiro atoms. The van der Waals surface area contributed by atoms with Crippen molar-refractivity contribution in [3.63, 3.8) is 0 Å². The first-order valence-corrected chi connectivity index (χ1v) is 10.2. The Morgan fingerprint density at radius 2 is 1.52 bits per heavy atom. The van der Waals surface area contributed by atoms with Crippen LogP contribution >= 0.6 is 11.8 Å². The minimum atomic E-state index is 0.327. The molecule has 0 amide bonds. The van der Waals surface area contributed by atoms with Crippen LogP contribution in [0.4, 0.5) is 0 Å². The van der Waals surface area contributed by atoms with Crippen LogP contribution in [0.3, 0.4) is 0 Å². The fourth-order valence-corrected chi connectivity index (χ4v) is 7.81. The average molecular weight is 305 g/mol. The molecule has 6 aliphatic rings. The molecule has 0 unspecified atom stereocenters. The van der Waals surface area contributed by atoms with Crippen molar-refractivity contribution in [1.82, 2.24) is 5.32 Å². The van der Waals surface area contributed by atoms with E-state index in [9.17, 15) is 0 Å². The van der Waals surface area contributed by atoms with Crippen LogP contribution in [0.1, 0.15) is 70.6 Å². The largest absolute Gasteiger partial charge is 0.359 e. The molecule has 1 aliphatic heterocycles. The van der Waals surface area contributed by atoms with E-state index in [1.165, 1.54) is 81.5 Å². The number of nitrogens with zero attached hydrogens (tertiary/aromatic N) is 1. The lowest BCUT2D eigenvalue weighted by Crippen LogP contribution is -2.59. The molecule has 3 heteroatoms. The van der Waals surface area contributed by atoms with Crippen molar-refractivity contribution in [2.45, 2.75) is 81.7 Å². The van der Waals surface area contributed by atoms with Gasteiger partial charge in [0.25, 0.3) is 0 Å². The molecule has 1 N–H and O–H groups in total. The molecular weight excluding hydrogens is 276 g/mol. The van der Waals surface area contributed by atoms with E-state index in [2.05, 4.69) is 5.32 Å². The van der Waals surface area contributed by atoms with Gasteiger partial charge < -0.3 is 5.32 Å². The molecular formula is C18H28N2S. The van der Waals surface area contributed by atoms with Crippen LogP contribution in [0.2, 0.25) is 0 Å². The molecule has 6 rings (SSSR count). The molecule has 2 nitrogen and oxygen atoms in total. The molecule has 5 aliphatic carbocycles. The molecule has 21 heavy (non-hydrogen) atoms. The number of rotatable bonds is 1. The molecule has 0 saturated heterocycles. The smallest absolute Gasteiger partial charge is 0.157 e. The number of amidine groups is 1. The minimum absolute atomic E-state index is 0.327. The van der Waals surface area contributed by atoms with Gasteiger partial charge >= 0.3 is 0 Å². The van der Waals surface area contributed by atoms with E-state index in [1.54, 1.807) is 0 Å². The summed E-state index contributed by atoms with van der Waals surface area (Å²) in [4.78, 5) is 5.22. The SMILES string of the molecule is C1CCC2(CC1)CSC(NC13CC4CC(CC(C4)C1)C3)=N2. The van der Waals surface area contributed by atoms with Gasteiger partial charge in [0.2, 0.25) is 0 Å². The highest BCUT2D eigenvalue weighted by molar-refractivity contribution is 8.14. The van der Waals surface area contributed by atoms with E-state index < -0.39 is 0 Å². The second-order valence-corrected chi connectivity index (χ2v) is 9.78. The Kier molecular flexibility index (Phi) is 2.95. The van der Waals surface area contributed by atoms with Crippen LogP contribution in [0.15, 0.2) is 4.99 Å². The number of aliphatic imine (C=N–C) groups is 1. The zero-order chi connectivity index (χ0) is 13.9. The fourth-order valence-electron chi connectivity index (χ4n) is 6.50. The van der Waals surface area contributed by atoms with Gasteiger partial charge in [-0.3, -0.25) is 4.99 Å². The van der Waals surface area contributed by atoms with E-state index in [1.807, 2.05) is 11.8 Å². The van der Waals surface area contributed by atoms with Gasteiger partial charge in [-0.05, 0) is 69.1 Å². The maximum atomic E-state index is 5.22. The first kappa shape index (κ1) is 13.3. The Bertz CT molecular complexity index is 429. The predicted octanol–water partition coefficient (Wildman–Crippen LogP) is 4.35. The highest BCUT2D eigenvalue weighted by Gasteiger charge is 2.52. The highest BCUT2D eigenvalue weighted by Crippen LogP contribution is 2.56. The molecule has 0 atom stereocenters. The van der Waals surface area contributed by atoms with Gasteiger partial charge in [0, 0.05) is 11.3 Å². The molecule has 0 aromatic heterocycles. The number of hydrogen-bond donors (Lipinski definition) is 1. The summed E-state index contributed by atoms with van der Waals surface area (Å²) in [7, 11) is 0. The Morgan fingerprint density at radius 1 is 0.905 bits per heavy atom. The summed E-state index contributed by atoms with van der Waals surface area (Å²) in [5, 5.41) is 5.33. The number of nitrogens with one attached hydrogen (secondary N) is 1. The lowest BCUT2D eigenvalue weighted by molar-refractivity contribution is -0.00967. The zero-order valence-corrected chi connectivity index (χ0v) is 13.9. The normalized spacial score (nSPS) is 46.9. The van der Waals surface area contributed by atoms with Crippen LogP contribution in [-0.2, 0) is 0 Å². The van der Waals surface area contributed by atoms with Gasteiger partial charge in [0.15, 0.2) is 5.17 Å². The first-order chi connectivity index (χ1) is 10.2. The molecule has 4 bridgehead atoms. The third kappa shape index (κ3) is 2.26. The van der Waals surface area contributed by atoms with Crippen molar-refractivity contribution in [2.75, 3.05) is 5.75 Å². The van der Waals surface area contributed by atoms with Crippen molar-refractivity contribution in [2.24, 2.45) is 22.7 Å². The highest BCUT2D eigenvalue weighted by atomic mass is 32.2. The predicted molar refractivity (Wildman–Crippen MR) is 89.7 cm³/mol. The van der Waals surface area contributed by atoms with E-state index in [0.717, 1.165) is 17.8 Å². The van der Waals surface area contributed by atoms with Crippen molar-refractivity contribution < 1.29 is 0 Å².